The molecule has 1 aliphatic rings. The van der Waals surface area contributed by atoms with Crippen molar-refractivity contribution < 1.29 is 9.53 Å². The van der Waals surface area contributed by atoms with Crippen LogP contribution in [0.15, 0.2) is 30.3 Å². The Balaban J connectivity index is 1.87. The molecule has 0 spiro atoms. The number of hydrogen-bond acceptors (Lipinski definition) is 3. The van der Waals surface area contributed by atoms with Crippen molar-refractivity contribution in [2.24, 2.45) is 0 Å². The number of ether oxygens (including phenoxy) is 1. The Bertz CT molecular complexity index is 394. The smallest absolute Gasteiger partial charge is 0.260 e. The van der Waals surface area contributed by atoms with E-state index < -0.39 is 0 Å². The molecule has 2 rings (SSSR count). The third-order valence-electron chi connectivity index (χ3n) is 3.19. The van der Waals surface area contributed by atoms with E-state index in [0.717, 1.165) is 18.8 Å². The van der Waals surface area contributed by atoms with Gasteiger partial charge in [-0.15, -0.1) is 0 Å². The molecule has 0 radical (unpaired) electrons. The molecule has 1 aromatic carbocycles. The van der Waals surface area contributed by atoms with E-state index in [0.29, 0.717) is 6.04 Å². The Morgan fingerprint density at radius 2 is 2.11 bits per heavy atom. The average Bonchev–Trinajstić information content (AvgIpc) is 2.40. The van der Waals surface area contributed by atoms with E-state index in [1.54, 1.807) is 0 Å². The lowest BCUT2D eigenvalue weighted by Crippen LogP contribution is -2.57. The van der Waals surface area contributed by atoms with Crippen molar-refractivity contribution in [3.8, 4) is 5.75 Å². The van der Waals surface area contributed by atoms with Crippen LogP contribution in [-0.4, -0.2) is 42.6 Å². The van der Waals surface area contributed by atoms with Gasteiger partial charge in [-0.3, -0.25) is 4.79 Å². The first-order chi connectivity index (χ1) is 8.66. The van der Waals surface area contributed by atoms with Gasteiger partial charge in [-0.25, -0.2) is 0 Å². The minimum atomic E-state index is 0.0553. The van der Waals surface area contributed by atoms with Crippen LogP contribution in [0.5, 0.6) is 5.75 Å². The van der Waals surface area contributed by atoms with Gasteiger partial charge in [-0.05, 0) is 26.0 Å². The third kappa shape index (κ3) is 3.23. The number of rotatable bonds is 3. The van der Waals surface area contributed by atoms with E-state index in [1.165, 1.54) is 0 Å². The molecule has 2 unspecified atom stereocenters. The number of piperazine rings is 1. The van der Waals surface area contributed by atoms with Gasteiger partial charge < -0.3 is 15.0 Å². The van der Waals surface area contributed by atoms with Crippen LogP contribution in [0.1, 0.15) is 13.8 Å². The van der Waals surface area contributed by atoms with Crippen LogP contribution in [0, 0.1) is 0 Å². The summed E-state index contributed by atoms with van der Waals surface area (Å²) in [4.78, 5) is 14.0. The Kier molecular flexibility index (Phi) is 4.20. The molecule has 1 N–H and O–H groups in total. The van der Waals surface area contributed by atoms with Crippen molar-refractivity contribution in [2.45, 2.75) is 25.9 Å². The second-order valence-corrected chi connectivity index (χ2v) is 4.81. The number of nitrogens with zero attached hydrogens (tertiary/aromatic N) is 1. The lowest BCUT2D eigenvalue weighted by Gasteiger charge is -2.37. The normalized spacial score (nSPS) is 23.8. The molecule has 1 aromatic rings. The number of carbonyl (C=O) groups is 1. The summed E-state index contributed by atoms with van der Waals surface area (Å²) in [6.07, 6.45) is 0. The summed E-state index contributed by atoms with van der Waals surface area (Å²) < 4.78 is 5.49. The van der Waals surface area contributed by atoms with Crippen LogP contribution in [0.2, 0.25) is 0 Å². The van der Waals surface area contributed by atoms with E-state index in [-0.39, 0.29) is 18.6 Å². The van der Waals surface area contributed by atoms with Gasteiger partial charge in [-0.2, -0.15) is 0 Å². The molecule has 4 heteroatoms. The zero-order valence-corrected chi connectivity index (χ0v) is 10.9. The van der Waals surface area contributed by atoms with Crippen LogP contribution in [0.25, 0.3) is 0 Å². The van der Waals surface area contributed by atoms with Gasteiger partial charge in [0, 0.05) is 25.2 Å². The van der Waals surface area contributed by atoms with Crippen molar-refractivity contribution in [3.63, 3.8) is 0 Å². The van der Waals surface area contributed by atoms with Crippen LogP contribution in [-0.2, 0) is 4.79 Å². The maximum absolute atomic E-state index is 12.1. The molecule has 0 aromatic heterocycles. The fourth-order valence-electron chi connectivity index (χ4n) is 2.11. The minimum absolute atomic E-state index is 0.0553. The standard InChI is InChI=1S/C14H20N2O2/c1-11-9-16(12(2)8-15-11)14(17)10-18-13-6-4-3-5-7-13/h3-7,11-12,15H,8-10H2,1-2H3. The van der Waals surface area contributed by atoms with Gasteiger partial charge in [0.05, 0.1) is 0 Å². The largest absolute Gasteiger partial charge is 0.484 e. The molecule has 1 saturated heterocycles. The zero-order valence-electron chi connectivity index (χ0n) is 10.9. The predicted octanol–water partition coefficient (Wildman–Crippen LogP) is 1.27. The van der Waals surface area contributed by atoms with E-state index in [9.17, 15) is 4.79 Å². The molecular formula is C14H20N2O2. The van der Waals surface area contributed by atoms with Crippen molar-refractivity contribution in [1.29, 1.82) is 0 Å². The molecule has 2 atom stereocenters. The highest BCUT2D eigenvalue weighted by Gasteiger charge is 2.26. The van der Waals surface area contributed by atoms with Crippen molar-refractivity contribution in [3.05, 3.63) is 30.3 Å². The highest BCUT2D eigenvalue weighted by Crippen LogP contribution is 2.10. The lowest BCUT2D eigenvalue weighted by molar-refractivity contribution is -0.136. The SMILES string of the molecule is CC1CN(C(=O)COc2ccccc2)C(C)CN1. The fraction of sp³-hybridized carbons (Fsp3) is 0.500. The molecule has 0 bridgehead atoms. The maximum Gasteiger partial charge on any atom is 0.260 e. The molecular weight excluding hydrogens is 228 g/mol. The molecule has 1 fully saturated rings. The average molecular weight is 248 g/mol. The molecule has 1 heterocycles. The topological polar surface area (TPSA) is 41.6 Å². The minimum Gasteiger partial charge on any atom is -0.484 e. The Hall–Kier alpha value is -1.55. The summed E-state index contributed by atoms with van der Waals surface area (Å²) in [6.45, 7) is 5.85. The summed E-state index contributed by atoms with van der Waals surface area (Å²) in [5.41, 5.74) is 0. The fourth-order valence-corrected chi connectivity index (χ4v) is 2.11. The van der Waals surface area contributed by atoms with Gasteiger partial charge in [-0.1, -0.05) is 18.2 Å². The Morgan fingerprint density at radius 3 is 2.83 bits per heavy atom. The molecule has 98 valence electrons. The van der Waals surface area contributed by atoms with Gasteiger partial charge in [0.2, 0.25) is 0 Å². The zero-order chi connectivity index (χ0) is 13.0. The first-order valence-electron chi connectivity index (χ1n) is 6.37. The second kappa shape index (κ2) is 5.87. The number of benzene rings is 1. The van der Waals surface area contributed by atoms with Crippen molar-refractivity contribution in [1.82, 2.24) is 10.2 Å². The molecule has 0 aliphatic carbocycles. The molecule has 18 heavy (non-hydrogen) atoms. The number of carbonyl (C=O) groups excluding carboxylic acids is 1. The van der Waals surface area contributed by atoms with Crippen LogP contribution in [0.3, 0.4) is 0 Å². The van der Waals surface area contributed by atoms with Crippen LogP contribution >= 0.6 is 0 Å². The highest BCUT2D eigenvalue weighted by atomic mass is 16.5. The van der Waals surface area contributed by atoms with E-state index >= 15 is 0 Å². The summed E-state index contributed by atoms with van der Waals surface area (Å²) >= 11 is 0. The predicted molar refractivity (Wildman–Crippen MR) is 70.6 cm³/mol. The maximum atomic E-state index is 12.1. The third-order valence-corrected chi connectivity index (χ3v) is 3.19. The number of hydrogen-bond donors (Lipinski definition) is 1. The molecule has 0 saturated carbocycles. The van der Waals surface area contributed by atoms with Gasteiger partial charge in [0.15, 0.2) is 6.61 Å². The lowest BCUT2D eigenvalue weighted by atomic mass is 10.1. The molecule has 1 amide bonds. The molecule has 1 aliphatic heterocycles. The van der Waals surface area contributed by atoms with E-state index in [1.807, 2.05) is 35.2 Å². The first kappa shape index (κ1) is 12.9. The Labute approximate surface area is 108 Å². The summed E-state index contributed by atoms with van der Waals surface area (Å²) in [5, 5.41) is 3.36. The summed E-state index contributed by atoms with van der Waals surface area (Å²) in [6, 6.07) is 10.0. The van der Waals surface area contributed by atoms with Gasteiger partial charge in [0.1, 0.15) is 5.75 Å². The first-order valence-corrected chi connectivity index (χ1v) is 6.37. The summed E-state index contributed by atoms with van der Waals surface area (Å²) in [5.74, 6) is 0.793. The molecule has 4 nitrogen and oxygen atoms in total. The Morgan fingerprint density at radius 1 is 1.39 bits per heavy atom. The van der Waals surface area contributed by atoms with E-state index in [2.05, 4.69) is 19.2 Å². The summed E-state index contributed by atoms with van der Waals surface area (Å²) in [7, 11) is 0. The highest BCUT2D eigenvalue weighted by molar-refractivity contribution is 5.78. The van der Waals surface area contributed by atoms with Crippen molar-refractivity contribution in [2.75, 3.05) is 19.7 Å². The van der Waals surface area contributed by atoms with Crippen LogP contribution < -0.4 is 10.1 Å². The van der Waals surface area contributed by atoms with E-state index in [4.69, 9.17) is 4.74 Å². The number of nitrogens with one attached hydrogen (secondary N) is 1. The number of para-hydroxylation sites is 1. The van der Waals surface area contributed by atoms with Crippen LogP contribution in [0.4, 0.5) is 0 Å². The second-order valence-electron chi connectivity index (χ2n) is 4.81. The number of amides is 1. The quantitative estimate of drug-likeness (QED) is 0.876. The monoisotopic (exact) mass is 248 g/mol. The van der Waals surface area contributed by atoms with Gasteiger partial charge >= 0.3 is 0 Å². The van der Waals surface area contributed by atoms with Crippen molar-refractivity contribution >= 4 is 5.91 Å². The van der Waals surface area contributed by atoms with Gasteiger partial charge in [0.25, 0.3) is 5.91 Å².